The molecule has 3 aromatic carbocycles. The van der Waals surface area contributed by atoms with Crippen LogP contribution in [0.2, 0.25) is 0 Å². The molecule has 1 aliphatic rings. The molecule has 154 valence electrons. The third-order valence-electron chi connectivity index (χ3n) is 5.38. The summed E-state index contributed by atoms with van der Waals surface area (Å²) >= 11 is 0. The van der Waals surface area contributed by atoms with Crippen molar-refractivity contribution >= 4 is 11.6 Å². The minimum absolute atomic E-state index is 0.178. The molecule has 5 rings (SSSR count). The highest BCUT2D eigenvalue weighted by Gasteiger charge is 2.43. The van der Waals surface area contributed by atoms with E-state index < -0.39 is 23.7 Å². The number of rotatable bonds is 3. The molecule has 31 heavy (non-hydrogen) atoms. The van der Waals surface area contributed by atoms with Gasteiger partial charge in [-0.05, 0) is 23.8 Å². The number of benzene rings is 3. The van der Waals surface area contributed by atoms with Crippen molar-refractivity contribution in [2.75, 3.05) is 4.90 Å². The Hall–Kier alpha value is -3.87. The Morgan fingerprint density at radius 2 is 1.55 bits per heavy atom. The lowest BCUT2D eigenvalue weighted by Gasteiger charge is -2.27. The molecule has 1 amide bonds. The molecule has 7 heteroatoms. The zero-order valence-corrected chi connectivity index (χ0v) is 16.1. The van der Waals surface area contributed by atoms with Crippen molar-refractivity contribution in [1.29, 1.82) is 0 Å². The Bertz CT molecular complexity index is 1250. The van der Waals surface area contributed by atoms with Crippen LogP contribution >= 0.6 is 0 Å². The van der Waals surface area contributed by atoms with Crippen molar-refractivity contribution in [2.24, 2.45) is 0 Å². The summed E-state index contributed by atoms with van der Waals surface area (Å²) < 4.78 is 40.0. The molecule has 0 aliphatic carbocycles. The van der Waals surface area contributed by atoms with Gasteiger partial charge >= 0.3 is 6.18 Å². The maximum absolute atomic E-state index is 13.4. The highest BCUT2D eigenvalue weighted by molar-refractivity contribution is 6.11. The van der Waals surface area contributed by atoms with Crippen molar-refractivity contribution in [3.05, 3.63) is 107 Å². The van der Waals surface area contributed by atoms with Gasteiger partial charge in [-0.25, -0.2) is 0 Å². The fraction of sp³-hybridized carbons (Fsp3) is 0.0833. The van der Waals surface area contributed by atoms with Gasteiger partial charge in [-0.2, -0.15) is 18.3 Å². The van der Waals surface area contributed by atoms with Gasteiger partial charge in [-0.3, -0.25) is 14.8 Å². The van der Waals surface area contributed by atoms with E-state index in [1.165, 1.54) is 17.0 Å². The van der Waals surface area contributed by atoms with Gasteiger partial charge in [0.2, 0.25) is 0 Å². The molecule has 0 saturated heterocycles. The van der Waals surface area contributed by atoms with Gasteiger partial charge in [-0.15, -0.1) is 0 Å². The lowest BCUT2D eigenvalue weighted by Crippen LogP contribution is -2.29. The van der Waals surface area contributed by atoms with Crippen LogP contribution in [0.25, 0.3) is 11.3 Å². The number of halogens is 3. The van der Waals surface area contributed by atoms with E-state index >= 15 is 0 Å². The van der Waals surface area contributed by atoms with Crippen LogP contribution in [-0.2, 0) is 6.18 Å². The third kappa shape index (κ3) is 3.18. The number of amides is 1. The summed E-state index contributed by atoms with van der Waals surface area (Å²) in [5, 5.41) is 7.18. The normalized spacial score (nSPS) is 15.9. The molecule has 0 bridgehead atoms. The molecule has 0 spiro atoms. The number of hydrogen-bond donors (Lipinski definition) is 1. The number of carbonyl (C=O) groups excluding carboxylic acids is 1. The SMILES string of the molecule is O=C1c2[nH]nc(-c3ccccc3)c2[C@H](c2ccccc2)N1c1cccc(C(F)(F)F)c1. The molecular formula is C24H16F3N3O. The largest absolute Gasteiger partial charge is 0.416 e. The topological polar surface area (TPSA) is 49.0 Å². The van der Waals surface area contributed by atoms with Gasteiger partial charge in [-0.1, -0.05) is 66.7 Å². The van der Waals surface area contributed by atoms with Crippen molar-refractivity contribution in [1.82, 2.24) is 10.2 Å². The van der Waals surface area contributed by atoms with E-state index in [1.54, 1.807) is 0 Å². The second kappa shape index (κ2) is 7.12. The van der Waals surface area contributed by atoms with E-state index in [2.05, 4.69) is 10.2 Å². The Kier molecular flexibility index (Phi) is 4.39. The van der Waals surface area contributed by atoms with Crippen LogP contribution in [0.5, 0.6) is 0 Å². The smallest absolute Gasteiger partial charge is 0.295 e. The first-order valence-electron chi connectivity index (χ1n) is 9.64. The van der Waals surface area contributed by atoms with Crippen molar-refractivity contribution < 1.29 is 18.0 Å². The number of carbonyl (C=O) groups is 1. The van der Waals surface area contributed by atoms with Crippen molar-refractivity contribution in [2.45, 2.75) is 12.2 Å². The van der Waals surface area contributed by atoms with Crippen LogP contribution in [0.3, 0.4) is 0 Å². The number of fused-ring (bicyclic) bond motifs is 1. The number of alkyl halides is 3. The standard InChI is InChI=1S/C24H16F3N3O/c25-24(26,27)17-12-7-13-18(14-17)30-22(16-10-5-2-6-11-16)19-20(15-8-3-1-4-9-15)28-29-21(19)23(30)31/h1-14,22H,(H,28,29)/t22-/m0/s1. The van der Waals surface area contributed by atoms with Gasteiger partial charge in [0.25, 0.3) is 5.91 Å². The second-order valence-corrected chi connectivity index (χ2v) is 7.26. The van der Waals surface area contributed by atoms with Gasteiger partial charge in [0.05, 0.1) is 17.3 Å². The zero-order valence-electron chi connectivity index (χ0n) is 16.1. The summed E-state index contributed by atoms with van der Waals surface area (Å²) in [5.41, 5.74) is 2.52. The predicted molar refractivity (Wildman–Crippen MR) is 111 cm³/mol. The molecule has 0 fully saturated rings. The van der Waals surface area contributed by atoms with E-state index in [4.69, 9.17) is 0 Å². The lowest BCUT2D eigenvalue weighted by molar-refractivity contribution is -0.137. The first kappa shape index (κ1) is 19.1. The second-order valence-electron chi connectivity index (χ2n) is 7.26. The summed E-state index contributed by atoms with van der Waals surface area (Å²) in [5.74, 6) is -0.419. The number of nitrogens with zero attached hydrogens (tertiary/aromatic N) is 2. The van der Waals surface area contributed by atoms with Gasteiger partial charge in [0, 0.05) is 16.8 Å². The minimum Gasteiger partial charge on any atom is -0.295 e. The summed E-state index contributed by atoms with van der Waals surface area (Å²) in [6.07, 6.45) is -4.51. The number of aromatic amines is 1. The molecule has 4 aromatic rings. The van der Waals surface area contributed by atoms with Gasteiger partial charge in [0.15, 0.2) is 0 Å². The highest BCUT2D eigenvalue weighted by atomic mass is 19.4. The lowest BCUT2D eigenvalue weighted by atomic mass is 9.96. The quantitative estimate of drug-likeness (QED) is 0.453. The molecule has 1 atom stereocenters. The third-order valence-corrected chi connectivity index (χ3v) is 5.38. The number of aromatic nitrogens is 2. The summed E-state index contributed by atoms with van der Waals surface area (Å²) in [4.78, 5) is 14.8. The summed E-state index contributed by atoms with van der Waals surface area (Å²) in [6, 6.07) is 22.9. The molecule has 2 heterocycles. The molecule has 0 radical (unpaired) electrons. The van der Waals surface area contributed by atoms with E-state index in [0.717, 1.165) is 23.3 Å². The Labute approximate surface area is 176 Å². The average molecular weight is 419 g/mol. The van der Waals surface area contributed by atoms with E-state index in [-0.39, 0.29) is 11.4 Å². The van der Waals surface area contributed by atoms with Crippen LogP contribution < -0.4 is 4.90 Å². The number of hydrogen-bond acceptors (Lipinski definition) is 2. The molecule has 1 aliphatic heterocycles. The molecule has 4 nitrogen and oxygen atoms in total. The minimum atomic E-state index is -4.51. The van der Waals surface area contributed by atoms with E-state index in [9.17, 15) is 18.0 Å². The highest BCUT2D eigenvalue weighted by Crippen LogP contribution is 2.45. The Morgan fingerprint density at radius 1 is 0.871 bits per heavy atom. The molecule has 0 saturated carbocycles. The molecule has 1 aromatic heterocycles. The number of H-pyrrole nitrogens is 1. The van der Waals surface area contributed by atoms with Crippen LogP contribution in [-0.4, -0.2) is 16.1 Å². The average Bonchev–Trinajstić information content (AvgIpc) is 3.33. The van der Waals surface area contributed by atoms with E-state index in [1.807, 2.05) is 60.7 Å². The van der Waals surface area contributed by atoms with Gasteiger partial charge < -0.3 is 0 Å². The summed E-state index contributed by atoms with van der Waals surface area (Å²) in [7, 11) is 0. The van der Waals surface area contributed by atoms with Crippen LogP contribution in [0, 0.1) is 0 Å². The molecule has 0 unspecified atom stereocenters. The fourth-order valence-corrected chi connectivity index (χ4v) is 4.01. The maximum atomic E-state index is 13.4. The van der Waals surface area contributed by atoms with Crippen LogP contribution in [0.15, 0.2) is 84.9 Å². The Morgan fingerprint density at radius 3 is 2.23 bits per heavy atom. The fourth-order valence-electron chi connectivity index (χ4n) is 4.01. The summed E-state index contributed by atoms with van der Waals surface area (Å²) in [6.45, 7) is 0. The van der Waals surface area contributed by atoms with Crippen molar-refractivity contribution in [3.63, 3.8) is 0 Å². The van der Waals surface area contributed by atoms with Crippen LogP contribution in [0.1, 0.15) is 33.2 Å². The molecule has 1 N–H and O–H groups in total. The molecular weight excluding hydrogens is 403 g/mol. The first-order chi connectivity index (χ1) is 14.9. The Balaban J connectivity index is 1.71. The zero-order chi connectivity index (χ0) is 21.6. The van der Waals surface area contributed by atoms with Crippen LogP contribution in [0.4, 0.5) is 18.9 Å². The van der Waals surface area contributed by atoms with Gasteiger partial charge in [0.1, 0.15) is 5.69 Å². The van der Waals surface area contributed by atoms with Crippen molar-refractivity contribution in [3.8, 4) is 11.3 Å². The maximum Gasteiger partial charge on any atom is 0.416 e. The monoisotopic (exact) mass is 419 g/mol. The number of anilines is 1. The van der Waals surface area contributed by atoms with E-state index in [0.29, 0.717) is 11.3 Å². The predicted octanol–water partition coefficient (Wildman–Crippen LogP) is 5.85. The first-order valence-corrected chi connectivity index (χ1v) is 9.64. The number of nitrogens with one attached hydrogen (secondary N) is 1.